The number of hydrogen-bond donors (Lipinski definition) is 3. The van der Waals surface area contributed by atoms with Crippen LogP contribution in [-0.2, 0) is 14.8 Å². The Hall–Kier alpha value is -0.660. The fraction of sp³-hybridized carbons (Fsp3) is 0.900. The zero-order chi connectivity index (χ0) is 13.3. The largest absolute Gasteiger partial charge is 0.356 e. The van der Waals surface area contributed by atoms with Gasteiger partial charge in [0.1, 0.15) is 0 Å². The van der Waals surface area contributed by atoms with Crippen LogP contribution in [0.5, 0.6) is 0 Å². The summed E-state index contributed by atoms with van der Waals surface area (Å²) in [5.41, 5.74) is 5.44. The summed E-state index contributed by atoms with van der Waals surface area (Å²) >= 11 is 0. The number of carbonyl (C=O) groups is 1. The van der Waals surface area contributed by atoms with Crippen molar-refractivity contribution in [2.45, 2.75) is 26.2 Å². The van der Waals surface area contributed by atoms with Crippen molar-refractivity contribution in [3.63, 3.8) is 0 Å². The first kappa shape index (κ1) is 16.3. The van der Waals surface area contributed by atoms with Crippen LogP contribution in [0.2, 0.25) is 0 Å². The molecule has 4 N–H and O–H groups in total. The quantitative estimate of drug-likeness (QED) is 0.485. The summed E-state index contributed by atoms with van der Waals surface area (Å²) in [6, 6.07) is 0. The molecule has 0 rings (SSSR count). The number of sulfonamides is 1. The van der Waals surface area contributed by atoms with Gasteiger partial charge in [-0.3, -0.25) is 4.79 Å². The Labute approximate surface area is 103 Å². The van der Waals surface area contributed by atoms with E-state index in [0.29, 0.717) is 38.4 Å². The third kappa shape index (κ3) is 11.6. The van der Waals surface area contributed by atoms with Crippen molar-refractivity contribution in [2.24, 2.45) is 11.7 Å². The van der Waals surface area contributed by atoms with E-state index in [1.807, 2.05) is 6.92 Å². The highest BCUT2D eigenvalue weighted by Gasteiger charge is 2.05. The Bertz CT molecular complexity index is 317. The van der Waals surface area contributed by atoms with Gasteiger partial charge in [0.05, 0.1) is 6.26 Å². The minimum Gasteiger partial charge on any atom is -0.356 e. The van der Waals surface area contributed by atoms with Gasteiger partial charge in [-0.05, 0) is 25.3 Å². The molecule has 1 amide bonds. The van der Waals surface area contributed by atoms with Crippen LogP contribution in [0.3, 0.4) is 0 Å². The third-order valence-corrected chi connectivity index (χ3v) is 3.04. The van der Waals surface area contributed by atoms with Gasteiger partial charge in [-0.25, -0.2) is 13.1 Å². The molecule has 7 heteroatoms. The lowest BCUT2D eigenvalue weighted by Gasteiger charge is -2.08. The Kier molecular flexibility index (Phi) is 8.11. The van der Waals surface area contributed by atoms with Gasteiger partial charge in [-0.2, -0.15) is 0 Å². The second-order valence-electron chi connectivity index (χ2n) is 4.25. The van der Waals surface area contributed by atoms with E-state index < -0.39 is 10.0 Å². The molecular weight excluding hydrogens is 242 g/mol. The van der Waals surface area contributed by atoms with E-state index in [1.54, 1.807) is 0 Å². The normalized spacial score (nSPS) is 13.4. The van der Waals surface area contributed by atoms with Crippen molar-refractivity contribution in [2.75, 3.05) is 25.9 Å². The van der Waals surface area contributed by atoms with Crippen LogP contribution in [-0.4, -0.2) is 40.2 Å². The first-order valence-corrected chi connectivity index (χ1v) is 7.65. The number of amides is 1. The summed E-state index contributed by atoms with van der Waals surface area (Å²) in [4.78, 5) is 11.3. The van der Waals surface area contributed by atoms with Crippen LogP contribution in [0.25, 0.3) is 0 Å². The molecule has 0 aliphatic heterocycles. The first-order chi connectivity index (χ1) is 7.85. The van der Waals surface area contributed by atoms with Gasteiger partial charge >= 0.3 is 0 Å². The number of hydrogen-bond acceptors (Lipinski definition) is 4. The maximum atomic E-state index is 11.3. The molecule has 0 spiro atoms. The minimum absolute atomic E-state index is 0.00958. The molecule has 0 bridgehead atoms. The van der Waals surface area contributed by atoms with Crippen LogP contribution in [0.15, 0.2) is 0 Å². The molecule has 1 atom stereocenters. The maximum Gasteiger partial charge on any atom is 0.220 e. The highest BCUT2D eigenvalue weighted by molar-refractivity contribution is 7.88. The van der Waals surface area contributed by atoms with Crippen LogP contribution in [0, 0.1) is 5.92 Å². The zero-order valence-corrected chi connectivity index (χ0v) is 11.3. The van der Waals surface area contributed by atoms with Crippen LogP contribution in [0.4, 0.5) is 0 Å². The Balaban J connectivity index is 3.46. The number of nitrogens with two attached hydrogens (primary N) is 1. The lowest BCUT2D eigenvalue weighted by Crippen LogP contribution is -2.29. The van der Waals surface area contributed by atoms with Gasteiger partial charge in [0.2, 0.25) is 15.9 Å². The van der Waals surface area contributed by atoms with Gasteiger partial charge in [-0.15, -0.1) is 0 Å². The average molecular weight is 265 g/mol. The maximum absolute atomic E-state index is 11.3. The van der Waals surface area contributed by atoms with Crippen molar-refractivity contribution in [3.8, 4) is 0 Å². The fourth-order valence-corrected chi connectivity index (χ4v) is 1.67. The molecule has 0 aliphatic carbocycles. The van der Waals surface area contributed by atoms with Crippen LogP contribution >= 0.6 is 0 Å². The molecule has 102 valence electrons. The van der Waals surface area contributed by atoms with Gasteiger partial charge < -0.3 is 11.1 Å². The Morgan fingerprint density at radius 1 is 1.35 bits per heavy atom. The molecule has 0 saturated carbocycles. The third-order valence-electron chi connectivity index (χ3n) is 2.31. The molecule has 0 saturated heterocycles. The summed E-state index contributed by atoms with van der Waals surface area (Å²) < 4.78 is 23.8. The van der Waals surface area contributed by atoms with Gasteiger partial charge in [0.25, 0.3) is 0 Å². The number of rotatable bonds is 9. The van der Waals surface area contributed by atoms with Crippen molar-refractivity contribution in [1.29, 1.82) is 0 Å². The van der Waals surface area contributed by atoms with E-state index in [0.717, 1.165) is 12.7 Å². The van der Waals surface area contributed by atoms with Gasteiger partial charge in [0.15, 0.2) is 0 Å². The molecule has 0 aromatic heterocycles. The zero-order valence-electron chi connectivity index (χ0n) is 10.5. The van der Waals surface area contributed by atoms with E-state index in [1.165, 1.54) is 0 Å². The highest BCUT2D eigenvalue weighted by Crippen LogP contribution is 2.02. The van der Waals surface area contributed by atoms with E-state index in [9.17, 15) is 13.2 Å². The summed E-state index contributed by atoms with van der Waals surface area (Å²) in [6.07, 6.45) is 2.95. The predicted octanol–water partition coefficient (Wildman–Crippen LogP) is -0.583. The lowest BCUT2D eigenvalue weighted by molar-refractivity contribution is -0.121. The van der Waals surface area contributed by atoms with Crippen LogP contribution < -0.4 is 15.8 Å². The second-order valence-corrected chi connectivity index (χ2v) is 6.08. The monoisotopic (exact) mass is 265 g/mol. The molecule has 6 nitrogen and oxygen atoms in total. The summed E-state index contributed by atoms with van der Waals surface area (Å²) in [5, 5.41) is 2.73. The van der Waals surface area contributed by atoms with Crippen molar-refractivity contribution >= 4 is 15.9 Å². The molecule has 0 fully saturated rings. The standard InChI is InChI=1S/C10H23N3O3S/c1-9(8-11)4-5-10(14)12-6-3-7-13-17(2,15)16/h9,13H,3-8,11H2,1-2H3,(H,12,14). The molecule has 0 aromatic carbocycles. The van der Waals surface area contributed by atoms with Crippen molar-refractivity contribution in [3.05, 3.63) is 0 Å². The lowest BCUT2D eigenvalue weighted by atomic mass is 10.1. The predicted molar refractivity (Wildman–Crippen MR) is 67.9 cm³/mol. The second kappa shape index (κ2) is 8.43. The molecular formula is C10H23N3O3S. The van der Waals surface area contributed by atoms with E-state index in [4.69, 9.17) is 5.73 Å². The number of nitrogens with one attached hydrogen (secondary N) is 2. The SMILES string of the molecule is CC(CN)CCC(=O)NCCCNS(C)(=O)=O. The minimum atomic E-state index is -3.13. The molecule has 1 unspecified atom stereocenters. The van der Waals surface area contributed by atoms with E-state index in [2.05, 4.69) is 10.0 Å². The Morgan fingerprint density at radius 2 is 2.00 bits per heavy atom. The van der Waals surface area contributed by atoms with Crippen molar-refractivity contribution in [1.82, 2.24) is 10.0 Å². The molecule has 17 heavy (non-hydrogen) atoms. The molecule has 0 aromatic rings. The van der Waals surface area contributed by atoms with E-state index >= 15 is 0 Å². The molecule has 0 heterocycles. The van der Waals surface area contributed by atoms with Crippen LogP contribution in [0.1, 0.15) is 26.2 Å². The number of carbonyl (C=O) groups excluding carboxylic acids is 1. The fourth-order valence-electron chi connectivity index (χ4n) is 1.16. The Morgan fingerprint density at radius 3 is 2.53 bits per heavy atom. The molecule has 0 aliphatic rings. The summed E-state index contributed by atoms with van der Waals surface area (Å²) in [7, 11) is -3.13. The summed E-state index contributed by atoms with van der Waals surface area (Å²) in [6.45, 7) is 3.42. The van der Waals surface area contributed by atoms with Gasteiger partial charge in [0, 0.05) is 19.5 Å². The van der Waals surface area contributed by atoms with Crippen molar-refractivity contribution < 1.29 is 13.2 Å². The highest BCUT2D eigenvalue weighted by atomic mass is 32.2. The summed E-state index contributed by atoms with van der Waals surface area (Å²) in [5.74, 6) is 0.345. The smallest absolute Gasteiger partial charge is 0.220 e. The topological polar surface area (TPSA) is 101 Å². The van der Waals surface area contributed by atoms with E-state index in [-0.39, 0.29) is 5.91 Å². The molecule has 0 radical (unpaired) electrons. The average Bonchev–Trinajstić information content (AvgIpc) is 2.23. The van der Waals surface area contributed by atoms with Gasteiger partial charge in [-0.1, -0.05) is 6.92 Å². The first-order valence-electron chi connectivity index (χ1n) is 5.76.